The van der Waals surface area contributed by atoms with Gasteiger partial charge in [0.1, 0.15) is 12.4 Å². The summed E-state index contributed by atoms with van der Waals surface area (Å²) in [6, 6.07) is 7.05. The zero-order valence-corrected chi connectivity index (χ0v) is 8.85. The maximum atomic E-state index is 8.86. The monoisotopic (exact) mass is 211 g/mol. The molecule has 0 heterocycles. The van der Waals surface area contributed by atoms with E-state index in [1.54, 1.807) is 7.11 Å². The molecule has 1 atom stereocenters. The molecular formula is C11H17NO3. The van der Waals surface area contributed by atoms with E-state index in [2.05, 4.69) is 0 Å². The highest BCUT2D eigenvalue weighted by molar-refractivity contribution is 5.29. The Labute approximate surface area is 89.6 Å². The molecule has 0 aliphatic rings. The normalized spacial score (nSPS) is 12.5. The van der Waals surface area contributed by atoms with Crippen molar-refractivity contribution in [2.45, 2.75) is 6.04 Å². The summed E-state index contributed by atoms with van der Waals surface area (Å²) in [5.74, 6) is 0.779. The Bertz CT molecular complexity index is 274. The van der Waals surface area contributed by atoms with E-state index in [1.165, 1.54) is 0 Å². The molecule has 1 aromatic rings. The first-order valence-corrected chi connectivity index (χ1v) is 4.86. The number of aliphatic hydroxyl groups is 1. The first-order valence-electron chi connectivity index (χ1n) is 4.86. The van der Waals surface area contributed by atoms with Crippen molar-refractivity contribution in [1.82, 2.24) is 0 Å². The van der Waals surface area contributed by atoms with Crippen LogP contribution in [0.1, 0.15) is 11.6 Å². The summed E-state index contributed by atoms with van der Waals surface area (Å²) in [4.78, 5) is 0. The summed E-state index contributed by atoms with van der Waals surface area (Å²) in [7, 11) is 1.63. The fraction of sp³-hybridized carbons (Fsp3) is 0.455. The quantitative estimate of drug-likeness (QED) is 0.680. The van der Waals surface area contributed by atoms with Gasteiger partial charge in [0.15, 0.2) is 0 Å². The van der Waals surface area contributed by atoms with Gasteiger partial charge >= 0.3 is 0 Å². The van der Waals surface area contributed by atoms with E-state index in [0.29, 0.717) is 13.2 Å². The lowest BCUT2D eigenvalue weighted by molar-refractivity contribution is 0.146. The van der Waals surface area contributed by atoms with Crippen LogP contribution in [0.2, 0.25) is 0 Å². The van der Waals surface area contributed by atoms with Gasteiger partial charge in [0, 0.05) is 7.11 Å². The number of ether oxygens (including phenoxy) is 2. The Morgan fingerprint density at radius 3 is 2.47 bits per heavy atom. The maximum absolute atomic E-state index is 8.86. The van der Waals surface area contributed by atoms with Crippen molar-refractivity contribution >= 4 is 0 Å². The Balaban J connectivity index is 2.49. The lowest BCUT2D eigenvalue weighted by Gasteiger charge is -2.10. The second-order valence-electron chi connectivity index (χ2n) is 3.20. The van der Waals surface area contributed by atoms with Gasteiger partial charge in [0.25, 0.3) is 0 Å². The van der Waals surface area contributed by atoms with Gasteiger partial charge in [0.2, 0.25) is 0 Å². The molecule has 1 unspecified atom stereocenters. The minimum absolute atomic E-state index is 0.0517. The smallest absolute Gasteiger partial charge is 0.119 e. The number of methoxy groups -OCH3 is 1. The summed E-state index contributed by atoms with van der Waals surface area (Å²) in [5, 5.41) is 8.86. The highest BCUT2D eigenvalue weighted by Crippen LogP contribution is 2.15. The summed E-state index contributed by atoms with van der Waals surface area (Å²) in [5.41, 5.74) is 6.55. The van der Waals surface area contributed by atoms with Crippen molar-refractivity contribution in [2.24, 2.45) is 5.73 Å². The molecule has 0 aliphatic carbocycles. The van der Waals surface area contributed by atoms with Gasteiger partial charge in [0.05, 0.1) is 19.3 Å². The first kappa shape index (κ1) is 12.0. The van der Waals surface area contributed by atoms with Gasteiger partial charge in [-0.1, -0.05) is 12.1 Å². The molecule has 0 radical (unpaired) electrons. The first-order chi connectivity index (χ1) is 7.27. The molecule has 0 amide bonds. The van der Waals surface area contributed by atoms with E-state index in [-0.39, 0.29) is 12.6 Å². The molecule has 4 nitrogen and oxygen atoms in total. The summed E-state index contributed by atoms with van der Waals surface area (Å²) >= 11 is 0. The molecule has 15 heavy (non-hydrogen) atoms. The average molecular weight is 211 g/mol. The minimum Gasteiger partial charge on any atom is -0.491 e. The summed E-state index contributed by atoms with van der Waals surface area (Å²) in [6.07, 6.45) is 0. The predicted octanol–water partition coefficient (Wildman–Crippen LogP) is 0.704. The third kappa shape index (κ3) is 3.87. The van der Waals surface area contributed by atoms with Crippen LogP contribution >= 0.6 is 0 Å². The van der Waals surface area contributed by atoms with Gasteiger partial charge in [-0.15, -0.1) is 0 Å². The van der Waals surface area contributed by atoms with Crippen LogP contribution in [0, 0.1) is 0 Å². The predicted molar refractivity (Wildman–Crippen MR) is 57.8 cm³/mol. The molecule has 0 bridgehead atoms. The molecule has 0 fully saturated rings. The van der Waals surface area contributed by atoms with Gasteiger partial charge in [-0.2, -0.15) is 0 Å². The lowest BCUT2D eigenvalue weighted by atomic mass is 10.1. The van der Waals surface area contributed by atoms with Crippen molar-refractivity contribution < 1.29 is 14.6 Å². The van der Waals surface area contributed by atoms with E-state index < -0.39 is 0 Å². The fourth-order valence-corrected chi connectivity index (χ4v) is 1.16. The van der Waals surface area contributed by atoms with E-state index >= 15 is 0 Å². The maximum Gasteiger partial charge on any atom is 0.119 e. The third-order valence-electron chi connectivity index (χ3n) is 2.06. The van der Waals surface area contributed by atoms with Crippen LogP contribution in [-0.2, 0) is 4.74 Å². The molecule has 4 heteroatoms. The topological polar surface area (TPSA) is 64.7 Å². The highest BCUT2D eigenvalue weighted by atomic mass is 16.5. The Hall–Kier alpha value is -1.10. The summed E-state index contributed by atoms with van der Waals surface area (Å²) in [6.45, 7) is 1.05. The number of hydrogen-bond donors (Lipinski definition) is 2. The molecular weight excluding hydrogens is 194 g/mol. The van der Waals surface area contributed by atoms with Crippen molar-refractivity contribution in [3.05, 3.63) is 29.8 Å². The van der Waals surface area contributed by atoms with Gasteiger partial charge < -0.3 is 20.3 Å². The Morgan fingerprint density at radius 2 is 1.93 bits per heavy atom. The van der Waals surface area contributed by atoms with Crippen LogP contribution < -0.4 is 10.5 Å². The van der Waals surface area contributed by atoms with Gasteiger partial charge in [-0.05, 0) is 17.7 Å². The number of nitrogens with two attached hydrogens (primary N) is 1. The number of benzene rings is 1. The van der Waals surface area contributed by atoms with E-state index in [1.807, 2.05) is 24.3 Å². The molecule has 0 saturated carbocycles. The van der Waals surface area contributed by atoms with Crippen LogP contribution in [0.4, 0.5) is 0 Å². The molecule has 0 spiro atoms. The Morgan fingerprint density at radius 1 is 1.27 bits per heavy atom. The standard InChI is InChI=1S/C11H17NO3/c1-14-6-7-15-10-4-2-9(3-5-10)11(12)8-13/h2-5,11,13H,6-8,12H2,1H3. The van der Waals surface area contributed by atoms with Gasteiger partial charge in [-0.25, -0.2) is 0 Å². The molecule has 0 aromatic heterocycles. The zero-order chi connectivity index (χ0) is 11.1. The van der Waals surface area contributed by atoms with E-state index in [9.17, 15) is 0 Å². The molecule has 3 N–H and O–H groups in total. The summed E-state index contributed by atoms with van der Waals surface area (Å²) < 4.78 is 10.3. The Kier molecular flexibility index (Phi) is 5.10. The largest absolute Gasteiger partial charge is 0.491 e. The fourth-order valence-electron chi connectivity index (χ4n) is 1.16. The van der Waals surface area contributed by atoms with Crippen molar-refractivity contribution in [2.75, 3.05) is 26.9 Å². The van der Waals surface area contributed by atoms with Gasteiger partial charge in [-0.3, -0.25) is 0 Å². The molecule has 84 valence electrons. The van der Waals surface area contributed by atoms with Crippen molar-refractivity contribution in [3.8, 4) is 5.75 Å². The third-order valence-corrected chi connectivity index (χ3v) is 2.06. The van der Waals surface area contributed by atoms with Crippen molar-refractivity contribution in [3.63, 3.8) is 0 Å². The van der Waals surface area contributed by atoms with Crippen LogP contribution in [0.3, 0.4) is 0 Å². The second-order valence-corrected chi connectivity index (χ2v) is 3.20. The molecule has 1 aromatic carbocycles. The van der Waals surface area contributed by atoms with Crippen LogP contribution in [-0.4, -0.2) is 32.0 Å². The van der Waals surface area contributed by atoms with E-state index in [0.717, 1.165) is 11.3 Å². The van der Waals surface area contributed by atoms with Crippen LogP contribution in [0.5, 0.6) is 5.75 Å². The lowest BCUT2D eigenvalue weighted by Crippen LogP contribution is -2.14. The number of hydrogen-bond acceptors (Lipinski definition) is 4. The number of rotatable bonds is 6. The molecule has 0 saturated heterocycles. The second kappa shape index (κ2) is 6.40. The molecule has 1 rings (SSSR count). The zero-order valence-electron chi connectivity index (χ0n) is 8.85. The SMILES string of the molecule is COCCOc1ccc(C(N)CO)cc1. The van der Waals surface area contributed by atoms with Crippen LogP contribution in [0.15, 0.2) is 24.3 Å². The molecule has 0 aliphatic heterocycles. The van der Waals surface area contributed by atoms with Crippen LogP contribution in [0.25, 0.3) is 0 Å². The van der Waals surface area contributed by atoms with Crippen molar-refractivity contribution in [1.29, 1.82) is 0 Å². The highest BCUT2D eigenvalue weighted by Gasteiger charge is 2.03. The number of aliphatic hydroxyl groups excluding tert-OH is 1. The van der Waals surface area contributed by atoms with E-state index in [4.69, 9.17) is 20.3 Å². The minimum atomic E-state index is -0.321. The average Bonchev–Trinajstić information content (AvgIpc) is 2.29.